The molecule has 3 nitrogen and oxygen atoms in total. The van der Waals surface area contributed by atoms with Crippen molar-refractivity contribution >= 4 is 5.71 Å². The van der Waals surface area contributed by atoms with Gasteiger partial charge < -0.3 is 10.9 Å². The molecule has 3 heteroatoms. The highest BCUT2D eigenvalue weighted by atomic mass is 16.4. The predicted octanol–water partition coefficient (Wildman–Crippen LogP) is 1.44. The predicted molar refractivity (Wildman–Crippen MR) is 53.3 cm³/mol. The molecule has 0 aliphatic rings. The molecule has 0 aromatic heterocycles. The molecular weight excluding hydrogens is 164 g/mol. The molecule has 0 heterocycles. The highest BCUT2D eigenvalue weighted by Gasteiger charge is 2.04. The first-order valence-electron chi connectivity index (χ1n) is 4.17. The highest BCUT2D eigenvalue weighted by Crippen LogP contribution is 2.11. The maximum atomic E-state index is 8.68. The quantitative estimate of drug-likeness (QED) is 0.409. The zero-order valence-corrected chi connectivity index (χ0v) is 7.91. The first-order valence-corrected chi connectivity index (χ1v) is 4.17. The summed E-state index contributed by atoms with van der Waals surface area (Å²) >= 11 is 0. The number of hydrogen-bond acceptors (Lipinski definition) is 3. The first kappa shape index (κ1) is 9.74. The monoisotopic (exact) mass is 178 g/mol. The molecule has 0 bridgehead atoms. The van der Waals surface area contributed by atoms with Gasteiger partial charge in [-0.15, -0.1) is 0 Å². The molecule has 0 saturated heterocycles. The van der Waals surface area contributed by atoms with E-state index in [2.05, 4.69) is 5.16 Å². The summed E-state index contributed by atoms with van der Waals surface area (Å²) in [6.45, 7) is 4.25. The van der Waals surface area contributed by atoms with Crippen LogP contribution in [0.3, 0.4) is 0 Å². The molecule has 0 atom stereocenters. The van der Waals surface area contributed by atoms with Gasteiger partial charge in [0, 0.05) is 12.1 Å². The van der Waals surface area contributed by atoms with E-state index in [1.807, 2.05) is 32.0 Å². The average Bonchev–Trinajstić information content (AvgIpc) is 2.10. The van der Waals surface area contributed by atoms with Gasteiger partial charge in [-0.2, -0.15) is 0 Å². The standard InChI is InChI=1S/C10H14N2O/c1-7-3-4-9(8(2)5-7)10(6-11)12-13/h3-5,13H,6,11H2,1-2H3. The molecule has 0 unspecified atom stereocenters. The SMILES string of the molecule is Cc1ccc(C(CN)=NO)c(C)c1. The molecule has 1 aromatic rings. The van der Waals surface area contributed by atoms with Gasteiger partial charge in [-0.25, -0.2) is 0 Å². The Morgan fingerprint density at radius 2 is 2.15 bits per heavy atom. The minimum absolute atomic E-state index is 0.250. The molecule has 0 aliphatic heterocycles. The summed E-state index contributed by atoms with van der Waals surface area (Å²) in [6.07, 6.45) is 0. The van der Waals surface area contributed by atoms with Crippen LogP contribution in [0, 0.1) is 13.8 Å². The van der Waals surface area contributed by atoms with E-state index in [1.54, 1.807) is 0 Å². The van der Waals surface area contributed by atoms with Crippen molar-refractivity contribution in [1.82, 2.24) is 0 Å². The van der Waals surface area contributed by atoms with Crippen molar-refractivity contribution in [2.24, 2.45) is 10.9 Å². The zero-order valence-electron chi connectivity index (χ0n) is 7.91. The fourth-order valence-corrected chi connectivity index (χ4v) is 1.34. The van der Waals surface area contributed by atoms with E-state index in [4.69, 9.17) is 10.9 Å². The van der Waals surface area contributed by atoms with Gasteiger partial charge in [-0.1, -0.05) is 28.9 Å². The molecule has 3 N–H and O–H groups in total. The Kier molecular flexibility index (Phi) is 3.03. The molecule has 70 valence electrons. The lowest BCUT2D eigenvalue weighted by Crippen LogP contribution is -2.16. The van der Waals surface area contributed by atoms with Gasteiger partial charge in [0.2, 0.25) is 0 Å². The molecule has 0 radical (unpaired) electrons. The molecule has 0 amide bonds. The first-order chi connectivity index (χ1) is 6.19. The van der Waals surface area contributed by atoms with Crippen LogP contribution < -0.4 is 5.73 Å². The molecule has 0 aliphatic carbocycles. The third-order valence-electron chi connectivity index (χ3n) is 2.01. The van der Waals surface area contributed by atoms with Crippen molar-refractivity contribution in [1.29, 1.82) is 0 Å². The van der Waals surface area contributed by atoms with E-state index in [-0.39, 0.29) is 6.54 Å². The molecule has 13 heavy (non-hydrogen) atoms. The summed E-state index contributed by atoms with van der Waals surface area (Å²) < 4.78 is 0. The van der Waals surface area contributed by atoms with Gasteiger partial charge in [0.05, 0.1) is 0 Å². The Bertz CT molecular complexity index is 332. The smallest absolute Gasteiger partial charge is 0.101 e. The molecule has 1 aromatic carbocycles. The van der Waals surface area contributed by atoms with Gasteiger partial charge in [0.25, 0.3) is 0 Å². The summed E-state index contributed by atoms with van der Waals surface area (Å²) in [6, 6.07) is 5.94. The third-order valence-corrected chi connectivity index (χ3v) is 2.01. The van der Waals surface area contributed by atoms with Crippen molar-refractivity contribution < 1.29 is 5.21 Å². The lowest BCUT2D eigenvalue weighted by atomic mass is 10.0. The van der Waals surface area contributed by atoms with Crippen LogP contribution in [0.5, 0.6) is 0 Å². The molecule has 0 fully saturated rings. The Morgan fingerprint density at radius 1 is 1.46 bits per heavy atom. The maximum absolute atomic E-state index is 8.68. The highest BCUT2D eigenvalue weighted by molar-refractivity contribution is 6.02. The van der Waals surface area contributed by atoms with E-state index in [1.165, 1.54) is 5.56 Å². The van der Waals surface area contributed by atoms with Crippen LogP contribution in [-0.4, -0.2) is 17.5 Å². The summed E-state index contributed by atoms with van der Waals surface area (Å²) in [5, 5.41) is 11.8. The van der Waals surface area contributed by atoms with Crippen molar-refractivity contribution in [2.75, 3.05) is 6.54 Å². The van der Waals surface area contributed by atoms with E-state index >= 15 is 0 Å². The zero-order chi connectivity index (χ0) is 9.84. The van der Waals surface area contributed by atoms with Crippen molar-refractivity contribution in [2.45, 2.75) is 13.8 Å². The molecule has 1 rings (SSSR count). The minimum Gasteiger partial charge on any atom is -0.411 e. The fourth-order valence-electron chi connectivity index (χ4n) is 1.34. The largest absolute Gasteiger partial charge is 0.411 e. The average molecular weight is 178 g/mol. The molecular formula is C10H14N2O. The third kappa shape index (κ3) is 2.06. The summed E-state index contributed by atoms with van der Waals surface area (Å²) in [7, 11) is 0. The Labute approximate surface area is 77.9 Å². The van der Waals surface area contributed by atoms with Crippen molar-refractivity contribution in [3.63, 3.8) is 0 Å². The second-order valence-corrected chi connectivity index (χ2v) is 3.07. The summed E-state index contributed by atoms with van der Waals surface area (Å²) in [5.41, 5.74) is 9.14. The van der Waals surface area contributed by atoms with Crippen LogP contribution >= 0.6 is 0 Å². The van der Waals surface area contributed by atoms with E-state index in [0.29, 0.717) is 5.71 Å². The summed E-state index contributed by atoms with van der Waals surface area (Å²) in [4.78, 5) is 0. The van der Waals surface area contributed by atoms with Gasteiger partial charge in [0.1, 0.15) is 5.71 Å². The van der Waals surface area contributed by atoms with E-state index in [9.17, 15) is 0 Å². The normalized spacial score (nSPS) is 11.8. The Hall–Kier alpha value is -1.35. The van der Waals surface area contributed by atoms with Gasteiger partial charge in [-0.05, 0) is 19.4 Å². The Morgan fingerprint density at radius 3 is 2.62 bits per heavy atom. The van der Waals surface area contributed by atoms with E-state index in [0.717, 1.165) is 11.1 Å². The number of nitrogens with two attached hydrogens (primary N) is 1. The van der Waals surface area contributed by atoms with Crippen LogP contribution in [-0.2, 0) is 0 Å². The number of nitrogens with zero attached hydrogens (tertiary/aromatic N) is 1. The van der Waals surface area contributed by atoms with Gasteiger partial charge in [0.15, 0.2) is 0 Å². The van der Waals surface area contributed by atoms with Crippen LogP contribution in [0.4, 0.5) is 0 Å². The van der Waals surface area contributed by atoms with Crippen LogP contribution in [0.1, 0.15) is 16.7 Å². The number of aryl methyl sites for hydroxylation is 2. The van der Waals surface area contributed by atoms with Gasteiger partial charge in [-0.3, -0.25) is 0 Å². The second kappa shape index (κ2) is 4.05. The van der Waals surface area contributed by atoms with Crippen molar-refractivity contribution in [3.8, 4) is 0 Å². The minimum atomic E-state index is 0.250. The number of hydrogen-bond donors (Lipinski definition) is 2. The molecule has 0 saturated carbocycles. The number of oxime groups is 1. The summed E-state index contributed by atoms with van der Waals surface area (Å²) in [5.74, 6) is 0. The van der Waals surface area contributed by atoms with E-state index < -0.39 is 0 Å². The van der Waals surface area contributed by atoms with Crippen LogP contribution in [0.2, 0.25) is 0 Å². The van der Waals surface area contributed by atoms with Gasteiger partial charge >= 0.3 is 0 Å². The lowest BCUT2D eigenvalue weighted by Gasteiger charge is -2.06. The number of rotatable bonds is 2. The topological polar surface area (TPSA) is 58.6 Å². The fraction of sp³-hybridized carbons (Fsp3) is 0.300. The number of benzene rings is 1. The molecule has 0 spiro atoms. The Balaban J connectivity index is 3.15. The lowest BCUT2D eigenvalue weighted by molar-refractivity contribution is 0.318. The van der Waals surface area contributed by atoms with Crippen molar-refractivity contribution in [3.05, 3.63) is 34.9 Å². The maximum Gasteiger partial charge on any atom is 0.101 e. The second-order valence-electron chi connectivity index (χ2n) is 3.07. The van der Waals surface area contributed by atoms with Crippen LogP contribution in [0.15, 0.2) is 23.4 Å². The van der Waals surface area contributed by atoms with Crippen LogP contribution in [0.25, 0.3) is 0 Å².